The first-order valence-corrected chi connectivity index (χ1v) is 6.91. The van der Waals surface area contributed by atoms with Crippen molar-refractivity contribution in [3.05, 3.63) is 29.8 Å². The average Bonchev–Trinajstić information content (AvgIpc) is 2.46. The van der Waals surface area contributed by atoms with Gasteiger partial charge in [0.15, 0.2) is 0 Å². The predicted octanol–water partition coefficient (Wildman–Crippen LogP) is 0.882. The van der Waals surface area contributed by atoms with Crippen molar-refractivity contribution in [2.45, 2.75) is 19.9 Å². The van der Waals surface area contributed by atoms with Gasteiger partial charge in [0.2, 0.25) is 5.91 Å². The molecule has 6 nitrogen and oxygen atoms in total. The average molecular weight is 293 g/mol. The molecule has 6 heteroatoms. The molecule has 116 valence electrons. The minimum absolute atomic E-state index is 0.0269. The van der Waals surface area contributed by atoms with Crippen LogP contribution >= 0.6 is 0 Å². The number of methoxy groups -OCH3 is 1. The van der Waals surface area contributed by atoms with Crippen LogP contribution in [0.25, 0.3) is 0 Å². The van der Waals surface area contributed by atoms with Crippen LogP contribution in [0.2, 0.25) is 0 Å². The zero-order valence-electron chi connectivity index (χ0n) is 12.8. The normalized spacial score (nSPS) is 11.8. The molecule has 0 heterocycles. The van der Waals surface area contributed by atoms with Crippen LogP contribution in [0, 0.1) is 0 Å². The van der Waals surface area contributed by atoms with E-state index in [-0.39, 0.29) is 24.4 Å². The Kier molecular flexibility index (Phi) is 6.68. The lowest BCUT2D eigenvalue weighted by atomic mass is 10.2. The Hall–Kier alpha value is -2.08. The van der Waals surface area contributed by atoms with Crippen LogP contribution in [0.5, 0.6) is 0 Å². The molecule has 0 bridgehead atoms. The van der Waals surface area contributed by atoms with Gasteiger partial charge in [-0.15, -0.1) is 0 Å². The van der Waals surface area contributed by atoms with E-state index in [4.69, 9.17) is 10.5 Å². The van der Waals surface area contributed by atoms with Crippen molar-refractivity contribution in [2.75, 3.05) is 32.5 Å². The summed E-state index contributed by atoms with van der Waals surface area (Å²) >= 11 is 0. The molecule has 2 amide bonds. The first kappa shape index (κ1) is 17.0. The number of nitrogens with one attached hydrogen (secondary N) is 1. The fraction of sp³-hybridized carbons (Fsp3) is 0.467. The van der Waals surface area contributed by atoms with Gasteiger partial charge < -0.3 is 20.7 Å². The maximum atomic E-state index is 12.1. The molecule has 1 aromatic rings. The molecule has 0 saturated carbocycles. The summed E-state index contributed by atoms with van der Waals surface area (Å²) in [7, 11) is 1.59. The number of carbonyl (C=O) groups excluding carboxylic acids is 2. The Bertz CT molecular complexity index is 474. The van der Waals surface area contributed by atoms with Crippen LogP contribution in [0.15, 0.2) is 24.3 Å². The van der Waals surface area contributed by atoms with Crippen LogP contribution in [-0.2, 0) is 9.53 Å². The Morgan fingerprint density at radius 3 is 2.48 bits per heavy atom. The highest BCUT2D eigenvalue weighted by Crippen LogP contribution is 2.05. The molecule has 0 spiro atoms. The van der Waals surface area contributed by atoms with Crippen LogP contribution in [0.1, 0.15) is 24.2 Å². The summed E-state index contributed by atoms with van der Waals surface area (Å²) in [6.45, 7) is 4.80. The van der Waals surface area contributed by atoms with Crippen molar-refractivity contribution >= 4 is 17.5 Å². The van der Waals surface area contributed by atoms with Crippen molar-refractivity contribution in [1.82, 2.24) is 10.2 Å². The minimum Gasteiger partial charge on any atom is -0.399 e. The van der Waals surface area contributed by atoms with Crippen molar-refractivity contribution in [3.63, 3.8) is 0 Å². The van der Waals surface area contributed by atoms with E-state index in [1.54, 1.807) is 36.3 Å². The summed E-state index contributed by atoms with van der Waals surface area (Å²) in [5, 5.41) is 2.62. The van der Waals surface area contributed by atoms with Crippen molar-refractivity contribution < 1.29 is 14.3 Å². The lowest BCUT2D eigenvalue weighted by Crippen LogP contribution is -2.46. The van der Waals surface area contributed by atoms with E-state index in [9.17, 15) is 9.59 Å². The first-order valence-electron chi connectivity index (χ1n) is 6.91. The third-order valence-corrected chi connectivity index (χ3v) is 3.17. The van der Waals surface area contributed by atoms with E-state index in [1.165, 1.54) is 0 Å². The molecule has 0 aliphatic rings. The lowest BCUT2D eigenvalue weighted by molar-refractivity contribution is -0.132. The van der Waals surface area contributed by atoms with Gasteiger partial charge in [0.1, 0.15) is 0 Å². The zero-order chi connectivity index (χ0) is 15.8. The summed E-state index contributed by atoms with van der Waals surface area (Å²) in [6.07, 6.45) is 0. The van der Waals surface area contributed by atoms with Gasteiger partial charge >= 0.3 is 0 Å². The summed E-state index contributed by atoms with van der Waals surface area (Å²) in [6, 6.07) is 6.52. The van der Waals surface area contributed by atoms with Crippen molar-refractivity contribution in [2.24, 2.45) is 0 Å². The van der Waals surface area contributed by atoms with E-state index in [0.717, 1.165) is 0 Å². The number of nitrogens with zero attached hydrogens (tertiary/aromatic N) is 1. The number of hydrogen-bond donors (Lipinski definition) is 2. The molecule has 1 unspecified atom stereocenters. The number of rotatable bonds is 7. The SMILES string of the molecule is CCN(C(=O)CNC(=O)c1ccc(N)cc1)C(C)COC. The molecule has 0 aliphatic heterocycles. The second-order valence-electron chi connectivity index (χ2n) is 4.79. The maximum absolute atomic E-state index is 12.1. The summed E-state index contributed by atoms with van der Waals surface area (Å²) in [4.78, 5) is 25.7. The first-order chi connectivity index (χ1) is 9.99. The molecule has 21 heavy (non-hydrogen) atoms. The summed E-state index contributed by atoms with van der Waals surface area (Å²) < 4.78 is 5.05. The van der Waals surface area contributed by atoms with Gasteiger partial charge in [0, 0.05) is 24.9 Å². The van der Waals surface area contributed by atoms with E-state index in [0.29, 0.717) is 24.4 Å². The Labute approximate surface area is 125 Å². The minimum atomic E-state index is -0.293. The number of amides is 2. The highest BCUT2D eigenvalue weighted by molar-refractivity contribution is 5.96. The smallest absolute Gasteiger partial charge is 0.251 e. The molecule has 0 aromatic heterocycles. The van der Waals surface area contributed by atoms with Crippen molar-refractivity contribution in [3.8, 4) is 0 Å². The topological polar surface area (TPSA) is 84.7 Å². The predicted molar refractivity (Wildman–Crippen MR) is 81.9 cm³/mol. The number of anilines is 1. The molecular formula is C15H23N3O3. The van der Waals surface area contributed by atoms with Gasteiger partial charge in [-0.25, -0.2) is 0 Å². The van der Waals surface area contributed by atoms with Gasteiger partial charge in [-0.3, -0.25) is 9.59 Å². The van der Waals surface area contributed by atoms with E-state index in [1.807, 2.05) is 13.8 Å². The van der Waals surface area contributed by atoms with Gasteiger partial charge in [0.25, 0.3) is 5.91 Å². The van der Waals surface area contributed by atoms with Crippen LogP contribution in [0.4, 0.5) is 5.69 Å². The molecule has 0 saturated heterocycles. The molecule has 1 rings (SSSR count). The number of hydrogen-bond acceptors (Lipinski definition) is 4. The van der Waals surface area contributed by atoms with E-state index >= 15 is 0 Å². The maximum Gasteiger partial charge on any atom is 0.251 e. The molecule has 3 N–H and O–H groups in total. The summed E-state index contributed by atoms with van der Waals surface area (Å²) in [5.74, 6) is -0.426. The quantitative estimate of drug-likeness (QED) is 0.731. The summed E-state index contributed by atoms with van der Waals surface area (Å²) in [5.41, 5.74) is 6.63. The second-order valence-corrected chi connectivity index (χ2v) is 4.79. The number of ether oxygens (including phenoxy) is 1. The third kappa shape index (κ3) is 5.07. The Balaban J connectivity index is 2.54. The fourth-order valence-electron chi connectivity index (χ4n) is 2.06. The molecule has 0 aliphatic carbocycles. The molecule has 1 atom stereocenters. The molecule has 0 fully saturated rings. The largest absolute Gasteiger partial charge is 0.399 e. The number of likely N-dealkylation sites (N-methyl/N-ethyl adjacent to an activating group) is 1. The fourth-order valence-corrected chi connectivity index (χ4v) is 2.06. The zero-order valence-corrected chi connectivity index (χ0v) is 12.8. The molecular weight excluding hydrogens is 270 g/mol. The van der Waals surface area contributed by atoms with Gasteiger partial charge in [-0.1, -0.05) is 0 Å². The highest BCUT2D eigenvalue weighted by atomic mass is 16.5. The molecule has 1 aromatic carbocycles. The van der Waals surface area contributed by atoms with Gasteiger partial charge in [0.05, 0.1) is 19.2 Å². The third-order valence-electron chi connectivity index (χ3n) is 3.17. The number of nitrogens with two attached hydrogens (primary N) is 1. The standard InChI is InChI=1S/C15H23N3O3/c1-4-18(11(2)10-21-3)14(19)9-17-15(20)12-5-7-13(16)8-6-12/h5-8,11H,4,9-10,16H2,1-3H3,(H,17,20). The monoisotopic (exact) mass is 293 g/mol. The van der Waals surface area contributed by atoms with Crippen LogP contribution < -0.4 is 11.1 Å². The van der Waals surface area contributed by atoms with Crippen molar-refractivity contribution in [1.29, 1.82) is 0 Å². The Morgan fingerprint density at radius 2 is 1.95 bits per heavy atom. The van der Waals surface area contributed by atoms with E-state index < -0.39 is 0 Å². The lowest BCUT2D eigenvalue weighted by Gasteiger charge is -2.27. The van der Waals surface area contributed by atoms with Gasteiger partial charge in [-0.05, 0) is 38.1 Å². The number of nitrogen functional groups attached to an aromatic ring is 1. The van der Waals surface area contributed by atoms with E-state index in [2.05, 4.69) is 5.32 Å². The highest BCUT2D eigenvalue weighted by Gasteiger charge is 2.18. The number of carbonyl (C=O) groups is 2. The number of benzene rings is 1. The second kappa shape index (κ2) is 8.26. The van der Waals surface area contributed by atoms with Crippen LogP contribution in [0.3, 0.4) is 0 Å². The Morgan fingerprint density at radius 1 is 1.33 bits per heavy atom. The van der Waals surface area contributed by atoms with Crippen LogP contribution in [-0.4, -0.2) is 49.6 Å². The van der Waals surface area contributed by atoms with Gasteiger partial charge in [-0.2, -0.15) is 0 Å². The molecule has 0 radical (unpaired) electrons.